The highest BCUT2D eigenvalue weighted by molar-refractivity contribution is 5.19. The molecule has 0 aliphatic carbocycles. The Hall–Kier alpha value is -0.930. The third-order valence-corrected chi connectivity index (χ3v) is 3.32. The molecule has 0 saturated heterocycles. The van der Waals surface area contributed by atoms with Gasteiger partial charge in [-0.3, -0.25) is 0 Å². The van der Waals surface area contributed by atoms with E-state index in [1.54, 1.807) is 0 Å². The molecule has 2 unspecified atom stereocenters. The quantitative estimate of drug-likeness (QED) is 0.745. The Morgan fingerprint density at radius 2 is 1.89 bits per heavy atom. The zero-order chi connectivity index (χ0) is 13.4. The van der Waals surface area contributed by atoms with Gasteiger partial charge in [-0.2, -0.15) is 0 Å². The number of benzene rings is 1. The normalized spacial score (nSPS) is 14.4. The van der Waals surface area contributed by atoms with E-state index in [4.69, 9.17) is 5.11 Å². The van der Waals surface area contributed by atoms with E-state index in [9.17, 15) is 4.39 Å². The van der Waals surface area contributed by atoms with Crippen LogP contribution in [0.4, 0.5) is 4.39 Å². The molecule has 0 spiro atoms. The van der Waals surface area contributed by atoms with Crippen LogP contribution in [-0.2, 0) is 0 Å². The average Bonchev–Trinajstić information content (AvgIpc) is 2.37. The van der Waals surface area contributed by atoms with E-state index in [-0.39, 0.29) is 18.5 Å². The van der Waals surface area contributed by atoms with E-state index in [2.05, 4.69) is 19.2 Å². The van der Waals surface area contributed by atoms with Crippen LogP contribution in [0, 0.1) is 11.7 Å². The summed E-state index contributed by atoms with van der Waals surface area (Å²) in [5.74, 6) is 0.318. The lowest BCUT2D eigenvalue weighted by atomic mass is 9.99. The van der Waals surface area contributed by atoms with Crippen molar-refractivity contribution in [1.82, 2.24) is 5.32 Å². The predicted molar refractivity (Wildman–Crippen MR) is 72.9 cm³/mol. The molecule has 0 amide bonds. The van der Waals surface area contributed by atoms with Crippen LogP contribution in [0.5, 0.6) is 0 Å². The van der Waals surface area contributed by atoms with E-state index >= 15 is 0 Å². The van der Waals surface area contributed by atoms with Crippen molar-refractivity contribution in [2.24, 2.45) is 5.92 Å². The average molecular weight is 253 g/mol. The van der Waals surface area contributed by atoms with Crippen molar-refractivity contribution >= 4 is 0 Å². The summed E-state index contributed by atoms with van der Waals surface area (Å²) >= 11 is 0. The first kappa shape index (κ1) is 15.1. The molecule has 0 radical (unpaired) electrons. The number of nitrogens with one attached hydrogen (secondary N) is 1. The van der Waals surface area contributed by atoms with Crippen molar-refractivity contribution in [3.63, 3.8) is 0 Å². The molecule has 18 heavy (non-hydrogen) atoms. The minimum atomic E-state index is -0.199. The number of aliphatic hydroxyl groups excluding tert-OH is 1. The lowest BCUT2D eigenvalue weighted by Gasteiger charge is -2.20. The Morgan fingerprint density at radius 1 is 1.22 bits per heavy atom. The lowest BCUT2D eigenvalue weighted by Crippen LogP contribution is -2.26. The van der Waals surface area contributed by atoms with Crippen LogP contribution in [0.3, 0.4) is 0 Å². The highest BCUT2D eigenvalue weighted by atomic mass is 19.1. The van der Waals surface area contributed by atoms with Crippen LogP contribution in [-0.4, -0.2) is 18.3 Å². The zero-order valence-electron chi connectivity index (χ0n) is 11.3. The van der Waals surface area contributed by atoms with E-state index in [0.717, 1.165) is 31.4 Å². The maximum Gasteiger partial charge on any atom is 0.123 e. The first-order chi connectivity index (χ1) is 8.67. The molecule has 1 aromatic rings. The molecule has 1 aromatic carbocycles. The molecule has 0 aliphatic heterocycles. The largest absolute Gasteiger partial charge is 0.396 e. The van der Waals surface area contributed by atoms with Gasteiger partial charge in [-0.1, -0.05) is 25.5 Å². The fourth-order valence-electron chi connectivity index (χ4n) is 2.15. The Kier molecular flexibility index (Phi) is 6.91. The Bertz CT molecular complexity index is 320. The van der Waals surface area contributed by atoms with E-state index < -0.39 is 0 Å². The monoisotopic (exact) mass is 253 g/mol. The summed E-state index contributed by atoms with van der Waals surface area (Å²) in [6, 6.07) is 6.82. The van der Waals surface area contributed by atoms with Crippen LogP contribution in [0.15, 0.2) is 24.3 Å². The van der Waals surface area contributed by atoms with Gasteiger partial charge >= 0.3 is 0 Å². The second-order valence-corrected chi connectivity index (χ2v) is 4.85. The van der Waals surface area contributed by atoms with Crippen LogP contribution >= 0.6 is 0 Å². The zero-order valence-corrected chi connectivity index (χ0v) is 11.3. The minimum absolute atomic E-state index is 0.199. The molecule has 102 valence electrons. The molecular formula is C15H24FNO. The minimum Gasteiger partial charge on any atom is -0.396 e. The van der Waals surface area contributed by atoms with Gasteiger partial charge in [0.1, 0.15) is 5.82 Å². The summed E-state index contributed by atoms with van der Waals surface area (Å²) in [7, 11) is 0. The topological polar surface area (TPSA) is 32.3 Å². The summed E-state index contributed by atoms with van der Waals surface area (Å²) in [6.07, 6.45) is 3.11. The summed E-state index contributed by atoms with van der Waals surface area (Å²) in [5.41, 5.74) is 1.09. The molecule has 2 N–H and O–H groups in total. The molecule has 0 aromatic heterocycles. The maximum atomic E-state index is 12.8. The molecule has 0 saturated carbocycles. The molecule has 2 nitrogen and oxygen atoms in total. The van der Waals surface area contributed by atoms with Crippen molar-refractivity contribution in [2.75, 3.05) is 13.2 Å². The third-order valence-electron chi connectivity index (χ3n) is 3.32. The molecule has 3 heteroatoms. The van der Waals surface area contributed by atoms with Gasteiger partial charge < -0.3 is 10.4 Å². The first-order valence-corrected chi connectivity index (χ1v) is 6.77. The highest BCUT2D eigenvalue weighted by Crippen LogP contribution is 2.15. The summed E-state index contributed by atoms with van der Waals surface area (Å²) in [4.78, 5) is 0. The van der Waals surface area contributed by atoms with Crippen LogP contribution < -0.4 is 5.32 Å². The van der Waals surface area contributed by atoms with Crippen molar-refractivity contribution in [1.29, 1.82) is 0 Å². The van der Waals surface area contributed by atoms with Crippen molar-refractivity contribution in [2.45, 2.75) is 39.2 Å². The summed E-state index contributed by atoms with van der Waals surface area (Å²) < 4.78 is 12.8. The second-order valence-electron chi connectivity index (χ2n) is 4.85. The fourth-order valence-corrected chi connectivity index (χ4v) is 2.15. The van der Waals surface area contributed by atoms with E-state index in [0.29, 0.717) is 5.92 Å². The van der Waals surface area contributed by atoms with E-state index in [1.165, 1.54) is 12.1 Å². The van der Waals surface area contributed by atoms with Gasteiger partial charge in [0.25, 0.3) is 0 Å². The maximum absolute atomic E-state index is 12.8. The van der Waals surface area contributed by atoms with Crippen molar-refractivity contribution < 1.29 is 9.50 Å². The van der Waals surface area contributed by atoms with Crippen molar-refractivity contribution in [3.05, 3.63) is 35.6 Å². The molecule has 1 rings (SSSR count). The fraction of sp³-hybridized carbons (Fsp3) is 0.600. The van der Waals surface area contributed by atoms with E-state index in [1.807, 2.05) is 12.1 Å². The Balaban J connectivity index is 2.43. The van der Waals surface area contributed by atoms with Gasteiger partial charge in [-0.05, 0) is 49.9 Å². The number of rotatable bonds is 8. The van der Waals surface area contributed by atoms with Crippen molar-refractivity contribution in [3.8, 4) is 0 Å². The Morgan fingerprint density at radius 3 is 2.44 bits per heavy atom. The SMILES string of the molecule is CCCC(CCO)CNC(C)c1ccc(F)cc1. The Labute approximate surface area is 109 Å². The number of hydrogen-bond donors (Lipinski definition) is 2. The van der Waals surface area contributed by atoms with Gasteiger partial charge in [0.05, 0.1) is 0 Å². The number of hydrogen-bond acceptors (Lipinski definition) is 2. The third kappa shape index (κ3) is 5.15. The number of halogens is 1. The molecule has 0 heterocycles. The van der Waals surface area contributed by atoms with Gasteiger partial charge in [0.2, 0.25) is 0 Å². The molecular weight excluding hydrogens is 229 g/mol. The van der Waals surface area contributed by atoms with Gasteiger partial charge in [-0.25, -0.2) is 4.39 Å². The van der Waals surface area contributed by atoms with Crippen LogP contribution in [0.25, 0.3) is 0 Å². The smallest absolute Gasteiger partial charge is 0.123 e. The van der Waals surface area contributed by atoms with Gasteiger partial charge in [0, 0.05) is 12.6 Å². The summed E-state index contributed by atoms with van der Waals surface area (Å²) in [5, 5.41) is 12.5. The highest BCUT2D eigenvalue weighted by Gasteiger charge is 2.10. The van der Waals surface area contributed by atoms with Crippen LogP contribution in [0.2, 0.25) is 0 Å². The predicted octanol–water partition coefficient (Wildman–Crippen LogP) is 3.28. The van der Waals surface area contributed by atoms with Gasteiger partial charge in [-0.15, -0.1) is 0 Å². The summed E-state index contributed by atoms with van der Waals surface area (Å²) in [6.45, 7) is 5.38. The molecule has 0 bridgehead atoms. The molecule has 0 aliphatic rings. The number of aliphatic hydroxyl groups is 1. The first-order valence-electron chi connectivity index (χ1n) is 6.77. The van der Waals surface area contributed by atoms with Gasteiger partial charge in [0.15, 0.2) is 0 Å². The van der Waals surface area contributed by atoms with Crippen LogP contribution in [0.1, 0.15) is 44.7 Å². The lowest BCUT2D eigenvalue weighted by molar-refractivity contribution is 0.246. The standard InChI is InChI=1S/C15H24FNO/c1-3-4-13(9-10-18)11-17-12(2)14-5-7-15(16)8-6-14/h5-8,12-13,17-18H,3-4,9-11H2,1-2H3. The molecule has 0 fully saturated rings. The second kappa shape index (κ2) is 8.22. The molecule has 2 atom stereocenters.